The fraction of sp³-hybridized carbons (Fsp3) is 0.500. The maximum Gasteiger partial charge on any atom is 0.320 e. The molecule has 1 atom stereocenters. The lowest BCUT2D eigenvalue weighted by Crippen LogP contribution is -2.44. The van der Waals surface area contributed by atoms with Gasteiger partial charge in [-0.3, -0.25) is 14.5 Å². The molecule has 0 spiro atoms. The molecule has 24 heavy (non-hydrogen) atoms. The molecular formula is C16H22ClFN2O4. The number of likely N-dealkylation sites (N-methyl/N-ethyl adjacent to an activating group) is 1. The minimum absolute atomic E-state index is 0. The smallest absolute Gasteiger partial charge is 0.320 e. The highest BCUT2D eigenvalue weighted by Gasteiger charge is 2.32. The van der Waals surface area contributed by atoms with E-state index in [9.17, 15) is 14.0 Å². The van der Waals surface area contributed by atoms with E-state index >= 15 is 0 Å². The van der Waals surface area contributed by atoms with Gasteiger partial charge in [-0.05, 0) is 31.5 Å². The molecule has 0 bridgehead atoms. The Balaban J connectivity index is 0.00000288. The quantitative estimate of drug-likeness (QED) is 0.800. The third-order valence-corrected chi connectivity index (χ3v) is 3.93. The summed E-state index contributed by atoms with van der Waals surface area (Å²) in [6, 6.07) is 5.50. The van der Waals surface area contributed by atoms with Crippen molar-refractivity contribution in [2.45, 2.75) is 18.9 Å². The summed E-state index contributed by atoms with van der Waals surface area (Å²) in [7, 11) is 1.62. The van der Waals surface area contributed by atoms with Crippen molar-refractivity contribution in [1.82, 2.24) is 9.80 Å². The fourth-order valence-electron chi connectivity index (χ4n) is 2.57. The Labute approximate surface area is 146 Å². The van der Waals surface area contributed by atoms with Crippen molar-refractivity contribution in [3.05, 3.63) is 30.1 Å². The summed E-state index contributed by atoms with van der Waals surface area (Å²) >= 11 is 0. The molecule has 1 aliphatic rings. The second-order valence-electron chi connectivity index (χ2n) is 5.56. The summed E-state index contributed by atoms with van der Waals surface area (Å²) in [4.78, 5) is 26.4. The van der Waals surface area contributed by atoms with Crippen LogP contribution in [-0.2, 0) is 9.59 Å². The summed E-state index contributed by atoms with van der Waals surface area (Å²) in [6.07, 6.45) is 1.35. The number of carboxylic acids is 1. The van der Waals surface area contributed by atoms with E-state index < -0.39 is 17.8 Å². The zero-order valence-electron chi connectivity index (χ0n) is 13.5. The molecule has 2 rings (SSSR count). The number of hydrogen-bond donors (Lipinski definition) is 1. The minimum atomic E-state index is -0.888. The van der Waals surface area contributed by atoms with Crippen LogP contribution in [0.2, 0.25) is 0 Å². The van der Waals surface area contributed by atoms with E-state index in [2.05, 4.69) is 0 Å². The standard InChI is InChI=1S/C16H21FN2O4.ClH/c1-18(9-10-23-14-7-3-2-5-12(14)17)15(20)11-19-8-4-6-13(19)16(21)22;/h2-3,5,7,13H,4,6,8-11H2,1H3,(H,21,22);1H/t13-;/m1./s1. The van der Waals surface area contributed by atoms with Crippen LogP contribution in [0.15, 0.2) is 24.3 Å². The molecule has 1 fully saturated rings. The molecule has 134 valence electrons. The third kappa shape index (κ3) is 5.35. The van der Waals surface area contributed by atoms with Crippen molar-refractivity contribution in [1.29, 1.82) is 0 Å². The Morgan fingerprint density at radius 1 is 1.42 bits per heavy atom. The highest BCUT2D eigenvalue weighted by Crippen LogP contribution is 2.17. The molecule has 1 aromatic carbocycles. The summed E-state index contributed by atoms with van der Waals surface area (Å²) in [5, 5.41) is 9.11. The average molecular weight is 361 g/mol. The summed E-state index contributed by atoms with van der Waals surface area (Å²) in [6.45, 7) is 1.17. The van der Waals surface area contributed by atoms with Crippen LogP contribution in [0.5, 0.6) is 5.75 Å². The number of carbonyl (C=O) groups is 2. The molecule has 1 aromatic rings. The van der Waals surface area contributed by atoms with Crippen LogP contribution in [0.25, 0.3) is 0 Å². The van der Waals surface area contributed by atoms with Gasteiger partial charge in [-0.2, -0.15) is 0 Å². The molecule has 1 amide bonds. The van der Waals surface area contributed by atoms with Crippen molar-refractivity contribution in [2.24, 2.45) is 0 Å². The van der Waals surface area contributed by atoms with E-state index in [1.807, 2.05) is 0 Å². The average Bonchev–Trinajstić information content (AvgIpc) is 2.97. The molecule has 1 aliphatic heterocycles. The van der Waals surface area contributed by atoms with Crippen molar-refractivity contribution in [3.8, 4) is 5.75 Å². The van der Waals surface area contributed by atoms with Crippen LogP contribution in [0.1, 0.15) is 12.8 Å². The van der Waals surface area contributed by atoms with Gasteiger partial charge in [-0.15, -0.1) is 12.4 Å². The molecule has 0 radical (unpaired) electrons. The number of carboxylic acid groups (broad SMARTS) is 1. The van der Waals surface area contributed by atoms with Crippen molar-refractivity contribution < 1.29 is 23.8 Å². The van der Waals surface area contributed by atoms with Gasteiger partial charge in [-0.1, -0.05) is 12.1 Å². The second-order valence-corrected chi connectivity index (χ2v) is 5.56. The number of amides is 1. The highest BCUT2D eigenvalue weighted by molar-refractivity contribution is 5.85. The van der Waals surface area contributed by atoms with Crippen LogP contribution < -0.4 is 4.74 Å². The SMILES string of the molecule is CN(CCOc1ccccc1F)C(=O)CN1CCC[C@@H]1C(=O)O.Cl. The van der Waals surface area contributed by atoms with Crippen LogP contribution in [0, 0.1) is 5.82 Å². The maximum absolute atomic E-state index is 13.4. The van der Waals surface area contributed by atoms with Gasteiger partial charge >= 0.3 is 5.97 Å². The number of likely N-dealkylation sites (tertiary alicyclic amines) is 1. The lowest BCUT2D eigenvalue weighted by Gasteiger charge is -2.24. The number of benzene rings is 1. The van der Waals surface area contributed by atoms with Gasteiger partial charge in [0.25, 0.3) is 0 Å². The maximum atomic E-state index is 13.4. The molecule has 6 nitrogen and oxygen atoms in total. The van der Waals surface area contributed by atoms with Crippen LogP contribution in [0.3, 0.4) is 0 Å². The van der Waals surface area contributed by atoms with Gasteiger partial charge in [0, 0.05) is 7.05 Å². The van der Waals surface area contributed by atoms with E-state index in [-0.39, 0.29) is 37.2 Å². The second kappa shape index (κ2) is 9.44. The van der Waals surface area contributed by atoms with E-state index in [1.165, 1.54) is 17.0 Å². The summed E-state index contributed by atoms with van der Waals surface area (Å²) in [5.41, 5.74) is 0. The zero-order valence-corrected chi connectivity index (χ0v) is 14.3. The molecule has 1 saturated heterocycles. The Morgan fingerprint density at radius 2 is 2.12 bits per heavy atom. The van der Waals surface area contributed by atoms with Crippen LogP contribution in [0.4, 0.5) is 4.39 Å². The molecule has 0 aromatic heterocycles. The van der Waals surface area contributed by atoms with Gasteiger partial charge in [0.1, 0.15) is 12.6 Å². The molecule has 1 N–H and O–H groups in total. The van der Waals surface area contributed by atoms with E-state index in [4.69, 9.17) is 9.84 Å². The van der Waals surface area contributed by atoms with Crippen LogP contribution in [-0.4, -0.2) is 66.1 Å². The Morgan fingerprint density at radius 3 is 2.79 bits per heavy atom. The molecular weight excluding hydrogens is 339 g/mol. The Hall–Kier alpha value is -1.86. The first-order valence-electron chi connectivity index (χ1n) is 7.57. The number of carbonyl (C=O) groups excluding carboxylic acids is 1. The largest absolute Gasteiger partial charge is 0.489 e. The van der Waals surface area contributed by atoms with Crippen molar-refractivity contribution >= 4 is 24.3 Å². The van der Waals surface area contributed by atoms with E-state index in [0.717, 1.165) is 6.42 Å². The first-order chi connectivity index (χ1) is 11.0. The number of halogens is 2. The number of hydrogen-bond acceptors (Lipinski definition) is 4. The topological polar surface area (TPSA) is 70.1 Å². The number of para-hydroxylation sites is 1. The lowest BCUT2D eigenvalue weighted by molar-refractivity contribution is -0.143. The van der Waals surface area contributed by atoms with Gasteiger partial charge < -0.3 is 14.7 Å². The highest BCUT2D eigenvalue weighted by atomic mass is 35.5. The molecule has 8 heteroatoms. The molecule has 0 unspecified atom stereocenters. The minimum Gasteiger partial charge on any atom is -0.489 e. The normalized spacial score (nSPS) is 17.2. The summed E-state index contributed by atoms with van der Waals surface area (Å²) < 4.78 is 18.7. The van der Waals surface area contributed by atoms with Gasteiger partial charge in [-0.25, -0.2) is 4.39 Å². The monoisotopic (exact) mass is 360 g/mol. The summed E-state index contributed by atoms with van der Waals surface area (Å²) in [5.74, 6) is -1.35. The Bertz CT molecular complexity index is 573. The van der Waals surface area contributed by atoms with E-state index in [1.54, 1.807) is 24.1 Å². The zero-order chi connectivity index (χ0) is 16.8. The van der Waals surface area contributed by atoms with Crippen LogP contribution >= 0.6 is 12.4 Å². The van der Waals surface area contributed by atoms with Gasteiger partial charge in [0.2, 0.25) is 5.91 Å². The third-order valence-electron chi connectivity index (χ3n) is 3.93. The Kier molecular flexibility index (Phi) is 7.94. The predicted octanol–water partition coefficient (Wildman–Crippen LogP) is 1.63. The van der Waals surface area contributed by atoms with Gasteiger partial charge in [0.15, 0.2) is 11.6 Å². The number of aliphatic carboxylic acids is 1. The number of ether oxygens (including phenoxy) is 1. The van der Waals surface area contributed by atoms with E-state index in [0.29, 0.717) is 19.5 Å². The molecule has 0 saturated carbocycles. The first-order valence-corrected chi connectivity index (χ1v) is 7.57. The lowest BCUT2D eigenvalue weighted by atomic mass is 10.2. The van der Waals surface area contributed by atoms with Gasteiger partial charge in [0.05, 0.1) is 13.1 Å². The first kappa shape index (κ1) is 20.2. The molecule has 0 aliphatic carbocycles. The molecule has 1 heterocycles. The number of nitrogens with zero attached hydrogens (tertiary/aromatic N) is 2. The van der Waals surface area contributed by atoms with Crippen molar-refractivity contribution in [3.63, 3.8) is 0 Å². The fourth-order valence-corrected chi connectivity index (χ4v) is 2.57. The number of rotatable bonds is 7. The predicted molar refractivity (Wildman–Crippen MR) is 89.0 cm³/mol. The van der Waals surface area contributed by atoms with Crippen molar-refractivity contribution in [2.75, 3.05) is 33.3 Å².